The van der Waals surface area contributed by atoms with Gasteiger partial charge in [-0.05, 0) is 19.4 Å². The van der Waals surface area contributed by atoms with Crippen LogP contribution in [-0.4, -0.2) is 41.8 Å². The summed E-state index contributed by atoms with van der Waals surface area (Å²) in [5.41, 5.74) is 0. The molecule has 0 radical (unpaired) electrons. The van der Waals surface area contributed by atoms with Crippen LogP contribution in [0.3, 0.4) is 0 Å². The van der Waals surface area contributed by atoms with Gasteiger partial charge in [-0.15, -0.1) is 0 Å². The fraction of sp³-hybridized carbons (Fsp3) is 1.00. The third-order valence-electron chi connectivity index (χ3n) is 2.62. The van der Waals surface area contributed by atoms with Crippen molar-refractivity contribution in [3.05, 3.63) is 0 Å². The molecule has 0 saturated carbocycles. The quantitative estimate of drug-likeness (QED) is 0.475. The Morgan fingerprint density at radius 1 is 1.20 bits per heavy atom. The summed E-state index contributed by atoms with van der Waals surface area (Å²) in [6, 6.07) is 0.881. The summed E-state index contributed by atoms with van der Waals surface area (Å²) in [4.78, 5) is 2.63. The molecule has 0 aromatic heterocycles. The van der Waals surface area contributed by atoms with Crippen molar-refractivity contribution >= 4 is 9.39 Å². The number of rotatable bonds is 0. The van der Waals surface area contributed by atoms with E-state index < -0.39 is 0 Å². The Morgan fingerprint density at radius 3 is 3.00 bits per heavy atom. The van der Waals surface area contributed by atoms with Gasteiger partial charge in [-0.2, -0.15) is 0 Å². The number of fused-ring (bicyclic) bond motifs is 1. The van der Waals surface area contributed by atoms with Gasteiger partial charge >= 0.3 is 0 Å². The minimum absolute atomic E-state index is 0.881. The van der Waals surface area contributed by atoms with Crippen LogP contribution in [0.2, 0.25) is 0 Å². The van der Waals surface area contributed by atoms with Crippen LogP contribution in [0.4, 0.5) is 0 Å². The van der Waals surface area contributed by atoms with Gasteiger partial charge in [0.25, 0.3) is 0 Å². The Bertz CT molecular complexity index is 129. The molecule has 2 atom stereocenters. The molecule has 2 nitrogen and oxygen atoms in total. The van der Waals surface area contributed by atoms with Crippen LogP contribution in [0, 0.1) is 0 Å². The SMILES string of the molecule is PN1CCN2CCCC2C1. The normalized spacial score (nSPS) is 36.3. The topological polar surface area (TPSA) is 6.48 Å². The van der Waals surface area contributed by atoms with Gasteiger partial charge < -0.3 is 0 Å². The highest BCUT2D eigenvalue weighted by atomic mass is 31.0. The summed E-state index contributed by atoms with van der Waals surface area (Å²) in [5.74, 6) is 0. The van der Waals surface area contributed by atoms with Crippen LogP contribution in [0.1, 0.15) is 12.8 Å². The second kappa shape index (κ2) is 2.77. The lowest BCUT2D eigenvalue weighted by atomic mass is 10.2. The summed E-state index contributed by atoms with van der Waals surface area (Å²) < 4.78 is 2.37. The fourth-order valence-corrected chi connectivity index (χ4v) is 2.37. The van der Waals surface area contributed by atoms with E-state index in [1.165, 1.54) is 39.0 Å². The molecule has 2 fully saturated rings. The zero-order chi connectivity index (χ0) is 6.97. The first-order valence-corrected chi connectivity index (χ1v) is 4.61. The molecule has 0 amide bonds. The number of nitrogens with zero attached hydrogens (tertiary/aromatic N) is 2. The van der Waals surface area contributed by atoms with Gasteiger partial charge in [-0.1, -0.05) is 9.39 Å². The minimum Gasteiger partial charge on any atom is -0.298 e. The van der Waals surface area contributed by atoms with Gasteiger partial charge in [0.1, 0.15) is 0 Å². The summed E-state index contributed by atoms with van der Waals surface area (Å²) in [6.07, 6.45) is 2.84. The Kier molecular flexibility index (Phi) is 1.94. The van der Waals surface area contributed by atoms with E-state index in [1.807, 2.05) is 0 Å². The third-order valence-corrected chi connectivity index (χ3v) is 3.09. The van der Waals surface area contributed by atoms with E-state index in [9.17, 15) is 0 Å². The van der Waals surface area contributed by atoms with Crippen LogP contribution in [0.5, 0.6) is 0 Å². The first kappa shape index (κ1) is 7.02. The molecular formula is C7H15N2P. The molecule has 0 aliphatic carbocycles. The van der Waals surface area contributed by atoms with Gasteiger partial charge in [0, 0.05) is 25.7 Å². The molecule has 2 aliphatic heterocycles. The predicted molar refractivity (Wildman–Crippen MR) is 45.9 cm³/mol. The summed E-state index contributed by atoms with van der Waals surface area (Å²) in [5, 5.41) is 0. The Labute approximate surface area is 64.8 Å². The maximum absolute atomic E-state index is 2.81. The fourth-order valence-electron chi connectivity index (χ4n) is 2.02. The number of hydrogen-bond acceptors (Lipinski definition) is 2. The highest BCUT2D eigenvalue weighted by Gasteiger charge is 2.28. The van der Waals surface area contributed by atoms with Crippen molar-refractivity contribution in [2.24, 2.45) is 0 Å². The standard InChI is InChI=1S/C7H15N2P/c10-9-5-4-8-3-1-2-7(8)6-9/h7H,1-6,10H2. The van der Waals surface area contributed by atoms with E-state index in [4.69, 9.17) is 0 Å². The molecule has 2 aliphatic rings. The third kappa shape index (κ3) is 1.20. The predicted octanol–water partition coefficient (Wildman–Crippen LogP) is 0.556. The zero-order valence-corrected chi connectivity index (χ0v) is 7.45. The molecule has 58 valence electrons. The van der Waals surface area contributed by atoms with Crippen molar-refractivity contribution < 1.29 is 0 Å². The van der Waals surface area contributed by atoms with Gasteiger partial charge in [-0.3, -0.25) is 9.57 Å². The van der Waals surface area contributed by atoms with Crippen molar-refractivity contribution in [1.82, 2.24) is 9.57 Å². The van der Waals surface area contributed by atoms with E-state index in [2.05, 4.69) is 19.0 Å². The highest BCUT2D eigenvalue weighted by Crippen LogP contribution is 2.22. The molecule has 0 spiro atoms. The summed E-state index contributed by atoms with van der Waals surface area (Å²) in [6.45, 7) is 5.14. The first-order valence-electron chi connectivity index (χ1n) is 4.10. The maximum atomic E-state index is 2.81. The Morgan fingerprint density at radius 2 is 2.10 bits per heavy atom. The molecule has 0 bridgehead atoms. The molecule has 2 rings (SSSR count). The zero-order valence-electron chi connectivity index (χ0n) is 6.29. The van der Waals surface area contributed by atoms with Crippen molar-refractivity contribution in [3.8, 4) is 0 Å². The molecule has 0 N–H and O–H groups in total. The van der Waals surface area contributed by atoms with Crippen LogP contribution >= 0.6 is 9.39 Å². The van der Waals surface area contributed by atoms with E-state index in [1.54, 1.807) is 0 Å². The Balaban J connectivity index is 1.96. The molecule has 0 aromatic carbocycles. The van der Waals surface area contributed by atoms with Crippen molar-refractivity contribution in [2.45, 2.75) is 18.9 Å². The molecule has 0 aromatic rings. The monoisotopic (exact) mass is 158 g/mol. The lowest BCUT2D eigenvalue weighted by Crippen LogP contribution is -2.46. The van der Waals surface area contributed by atoms with E-state index in [-0.39, 0.29) is 0 Å². The smallest absolute Gasteiger partial charge is 0.0227 e. The second-order valence-corrected chi connectivity index (χ2v) is 4.06. The average Bonchev–Trinajstić information content (AvgIpc) is 2.33. The van der Waals surface area contributed by atoms with Gasteiger partial charge in [0.15, 0.2) is 0 Å². The van der Waals surface area contributed by atoms with Crippen LogP contribution in [0.25, 0.3) is 0 Å². The van der Waals surface area contributed by atoms with Gasteiger partial charge in [-0.25, -0.2) is 0 Å². The molecule has 2 unspecified atom stereocenters. The lowest BCUT2D eigenvalue weighted by molar-refractivity contribution is 0.165. The molecule has 3 heteroatoms. The van der Waals surface area contributed by atoms with E-state index in [0.717, 1.165) is 6.04 Å². The first-order chi connectivity index (χ1) is 4.86. The summed E-state index contributed by atoms with van der Waals surface area (Å²) >= 11 is 0. The second-order valence-electron chi connectivity index (χ2n) is 3.33. The maximum Gasteiger partial charge on any atom is 0.0227 e. The van der Waals surface area contributed by atoms with Crippen LogP contribution in [0.15, 0.2) is 0 Å². The van der Waals surface area contributed by atoms with E-state index in [0.29, 0.717) is 0 Å². The summed E-state index contributed by atoms with van der Waals surface area (Å²) in [7, 11) is 2.81. The largest absolute Gasteiger partial charge is 0.298 e. The Hall–Kier alpha value is 0.350. The number of hydrogen-bond donors (Lipinski definition) is 0. The molecule has 2 saturated heterocycles. The van der Waals surface area contributed by atoms with Gasteiger partial charge in [0.05, 0.1) is 0 Å². The highest BCUT2D eigenvalue weighted by molar-refractivity contribution is 7.13. The molecule has 2 heterocycles. The van der Waals surface area contributed by atoms with Crippen molar-refractivity contribution in [1.29, 1.82) is 0 Å². The van der Waals surface area contributed by atoms with Crippen molar-refractivity contribution in [3.63, 3.8) is 0 Å². The number of piperazine rings is 1. The molecule has 10 heavy (non-hydrogen) atoms. The van der Waals surface area contributed by atoms with E-state index >= 15 is 0 Å². The molecular weight excluding hydrogens is 143 g/mol. The van der Waals surface area contributed by atoms with Gasteiger partial charge in [0.2, 0.25) is 0 Å². The minimum atomic E-state index is 0.881. The van der Waals surface area contributed by atoms with Crippen LogP contribution < -0.4 is 0 Å². The lowest BCUT2D eigenvalue weighted by Gasteiger charge is -2.34. The average molecular weight is 158 g/mol. The van der Waals surface area contributed by atoms with Crippen molar-refractivity contribution in [2.75, 3.05) is 26.2 Å². The van der Waals surface area contributed by atoms with Crippen LogP contribution in [-0.2, 0) is 0 Å².